The predicted molar refractivity (Wildman–Crippen MR) is 65.5 cm³/mol. The molecule has 4 N–H and O–H groups in total. The highest BCUT2D eigenvalue weighted by molar-refractivity contribution is 5.73. The Morgan fingerprint density at radius 2 is 1.50 bits per heavy atom. The summed E-state index contributed by atoms with van der Waals surface area (Å²) in [5.74, 6) is -13.5. The topological polar surface area (TPSA) is 116 Å². The summed E-state index contributed by atoms with van der Waals surface area (Å²) in [7, 11) is 0. The Morgan fingerprint density at radius 1 is 0.962 bits per heavy atom. The number of rotatable bonds is 7. The maximum Gasteiger partial charge on any atom is 0.459 e. The number of carbonyl (C=O) groups is 1. The minimum absolute atomic E-state index is 0.930. The van der Waals surface area contributed by atoms with Crippen molar-refractivity contribution in [3.8, 4) is 0 Å². The number of carboxylic acids is 1. The molecule has 0 spiro atoms. The summed E-state index contributed by atoms with van der Waals surface area (Å²) in [5, 5.41) is 37.1. The molecule has 7 nitrogen and oxygen atoms in total. The number of aliphatic hydroxyl groups is 3. The predicted octanol–water partition coefficient (Wildman–Crippen LogP) is 0.508. The Morgan fingerprint density at radius 3 is 1.96 bits per heavy atom. The van der Waals surface area contributed by atoms with Crippen LogP contribution in [-0.2, 0) is 14.3 Å². The average Bonchev–Trinajstić information content (AvgIpc) is 2.49. The van der Waals surface area contributed by atoms with Gasteiger partial charge in [0.2, 0.25) is 0 Å². The van der Waals surface area contributed by atoms with Gasteiger partial charge in [0, 0.05) is 6.42 Å². The summed E-state index contributed by atoms with van der Waals surface area (Å²) in [6.07, 6.45) is -19.5. The van der Waals surface area contributed by atoms with Gasteiger partial charge < -0.3 is 29.9 Å². The lowest BCUT2D eigenvalue weighted by atomic mass is 9.99. The van der Waals surface area contributed by atoms with Gasteiger partial charge in [-0.3, -0.25) is 0 Å². The molecule has 1 rings (SSSR count). The fourth-order valence-electron chi connectivity index (χ4n) is 2.05. The summed E-state index contributed by atoms with van der Waals surface area (Å²) < 4.78 is 96.6. The third-order valence-electron chi connectivity index (χ3n) is 3.55. The summed E-state index contributed by atoms with van der Waals surface area (Å²) in [6.45, 7) is -0.930. The van der Waals surface area contributed by atoms with Crippen LogP contribution in [0.2, 0.25) is 0 Å². The summed E-state index contributed by atoms with van der Waals surface area (Å²) in [5.41, 5.74) is 0. The first-order valence-electron chi connectivity index (χ1n) is 7.00. The van der Waals surface area contributed by atoms with Gasteiger partial charge in [0.1, 0.15) is 18.3 Å². The molecule has 0 aliphatic carbocycles. The van der Waals surface area contributed by atoms with Crippen molar-refractivity contribution in [1.29, 1.82) is 0 Å². The third kappa shape index (κ3) is 4.54. The van der Waals surface area contributed by atoms with E-state index in [0.717, 1.165) is 0 Å². The van der Waals surface area contributed by atoms with Gasteiger partial charge in [0.15, 0.2) is 12.4 Å². The molecular weight excluding hydrogens is 389 g/mol. The second-order valence-corrected chi connectivity index (χ2v) is 5.49. The third-order valence-corrected chi connectivity index (χ3v) is 3.55. The van der Waals surface area contributed by atoms with E-state index in [1.165, 1.54) is 0 Å². The number of alkyl halides is 7. The van der Waals surface area contributed by atoms with Gasteiger partial charge in [-0.05, 0) is 6.42 Å². The lowest BCUT2D eigenvalue weighted by Gasteiger charge is -2.38. The van der Waals surface area contributed by atoms with Gasteiger partial charge in [-0.1, -0.05) is 0 Å². The van der Waals surface area contributed by atoms with E-state index in [0.29, 0.717) is 0 Å². The van der Waals surface area contributed by atoms with Crippen LogP contribution in [0, 0.1) is 0 Å². The number of aliphatic hydroxyl groups excluding tert-OH is 3. The molecule has 0 saturated carbocycles. The second-order valence-electron chi connectivity index (χ2n) is 5.49. The second kappa shape index (κ2) is 7.80. The molecule has 0 bridgehead atoms. The Labute approximate surface area is 140 Å². The lowest BCUT2D eigenvalue weighted by Crippen LogP contribution is -2.60. The van der Waals surface area contributed by atoms with Crippen molar-refractivity contribution in [1.82, 2.24) is 0 Å². The van der Waals surface area contributed by atoms with E-state index >= 15 is 0 Å². The first-order chi connectivity index (χ1) is 11.6. The number of halogens is 7. The van der Waals surface area contributed by atoms with Crippen LogP contribution in [0.3, 0.4) is 0 Å². The first-order valence-corrected chi connectivity index (χ1v) is 7.00. The summed E-state index contributed by atoms with van der Waals surface area (Å²) in [6, 6.07) is 0. The van der Waals surface area contributed by atoms with Crippen molar-refractivity contribution < 1.29 is 65.4 Å². The van der Waals surface area contributed by atoms with Crippen molar-refractivity contribution in [2.45, 2.75) is 61.6 Å². The quantitative estimate of drug-likeness (QED) is 0.361. The molecule has 0 amide bonds. The maximum atomic E-state index is 13.1. The molecule has 1 aliphatic heterocycles. The summed E-state index contributed by atoms with van der Waals surface area (Å²) in [4.78, 5) is 10.8. The van der Waals surface area contributed by atoms with Crippen LogP contribution < -0.4 is 0 Å². The van der Waals surface area contributed by atoms with Crippen LogP contribution in [0.5, 0.6) is 0 Å². The average molecular weight is 404 g/mol. The maximum absolute atomic E-state index is 13.1. The van der Waals surface area contributed by atoms with E-state index in [-0.39, 0.29) is 0 Å². The van der Waals surface area contributed by atoms with Crippen LogP contribution in [0.4, 0.5) is 30.7 Å². The highest BCUT2D eigenvalue weighted by Gasteiger charge is 2.72. The Hall–Kier alpha value is -1.22. The zero-order valence-electron chi connectivity index (χ0n) is 12.7. The van der Waals surface area contributed by atoms with Gasteiger partial charge in [-0.25, -0.2) is 4.79 Å². The minimum atomic E-state index is -6.46. The molecule has 26 heavy (non-hydrogen) atoms. The Balaban J connectivity index is 2.61. The normalized spacial score (nSPS) is 31.1. The molecule has 1 aliphatic rings. The molecule has 0 aromatic rings. The van der Waals surface area contributed by atoms with Gasteiger partial charge >= 0.3 is 24.0 Å². The number of ether oxygens (including phenoxy) is 2. The molecule has 154 valence electrons. The molecule has 0 unspecified atom stereocenters. The smallest absolute Gasteiger partial charge is 0.459 e. The Kier molecular flexibility index (Phi) is 6.84. The lowest BCUT2D eigenvalue weighted by molar-refractivity contribution is -0.356. The number of aliphatic carboxylic acids is 1. The van der Waals surface area contributed by atoms with Crippen molar-refractivity contribution in [3.63, 3.8) is 0 Å². The number of carboxylic acid groups (broad SMARTS) is 1. The molecule has 14 heteroatoms. The highest BCUT2D eigenvalue weighted by atomic mass is 19.4. The zero-order chi connectivity index (χ0) is 20.5. The summed E-state index contributed by atoms with van der Waals surface area (Å²) >= 11 is 0. The fourth-order valence-corrected chi connectivity index (χ4v) is 2.05. The SMILES string of the molecule is O=C(O)[C@H]1O[C@@H](OCCCC(F)(F)C(F)(F)C(F)(F)F)[C@H](O)[C@@H](O)[C@@H]1O. The van der Waals surface area contributed by atoms with Crippen LogP contribution in [0.1, 0.15) is 12.8 Å². The monoisotopic (exact) mass is 404 g/mol. The molecule has 1 saturated heterocycles. The van der Waals surface area contributed by atoms with E-state index < -0.39 is 74.1 Å². The van der Waals surface area contributed by atoms with Crippen molar-refractivity contribution in [2.24, 2.45) is 0 Å². The van der Waals surface area contributed by atoms with Gasteiger partial charge in [-0.15, -0.1) is 0 Å². The first kappa shape index (κ1) is 22.8. The number of hydrogen-bond acceptors (Lipinski definition) is 6. The van der Waals surface area contributed by atoms with Crippen LogP contribution in [0.15, 0.2) is 0 Å². The highest BCUT2D eigenvalue weighted by Crippen LogP contribution is 2.48. The van der Waals surface area contributed by atoms with E-state index in [2.05, 4.69) is 9.47 Å². The molecule has 0 aromatic carbocycles. The molecule has 5 atom stereocenters. The van der Waals surface area contributed by atoms with Crippen LogP contribution in [-0.4, -0.2) is 81.7 Å². The molecule has 1 fully saturated rings. The standard InChI is InChI=1S/C12H15F7O7/c13-10(14,11(15,16)12(17,18)19)2-1-3-25-9-6(22)4(20)5(21)7(26-9)8(23)24/h4-7,9,20-22H,1-3H2,(H,23,24)/t4-,5-,6+,7-,9+/m0/s1. The van der Waals surface area contributed by atoms with E-state index in [1.54, 1.807) is 0 Å². The molecular formula is C12H15F7O7. The number of hydrogen-bond donors (Lipinski definition) is 4. The molecule has 1 heterocycles. The molecule has 0 radical (unpaired) electrons. The van der Waals surface area contributed by atoms with Gasteiger partial charge in [0.25, 0.3) is 0 Å². The zero-order valence-corrected chi connectivity index (χ0v) is 12.7. The van der Waals surface area contributed by atoms with E-state index in [9.17, 15) is 50.8 Å². The minimum Gasteiger partial charge on any atom is -0.479 e. The van der Waals surface area contributed by atoms with Crippen molar-refractivity contribution in [2.75, 3.05) is 6.61 Å². The largest absolute Gasteiger partial charge is 0.479 e. The van der Waals surface area contributed by atoms with E-state index in [1.807, 2.05) is 0 Å². The van der Waals surface area contributed by atoms with Crippen LogP contribution in [0.25, 0.3) is 0 Å². The van der Waals surface area contributed by atoms with E-state index in [4.69, 9.17) is 5.11 Å². The van der Waals surface area contributed by atoms with Crippen molar-refractivity contribution >= 4 is 5.97 Å². The van der Waals surface area contributed by atoms with Gasteiger partial charge in [0.05, 0.1) is 6.61 Å². The van der Waals surface area contributed by atoms with Crippen LogP contribution >= 0.6 is 0 Å². The fraction of sp³-hybridized carbons (Fsp3) is 0.917. The van der Waals surface area contributed by atoms with Gasteiger partial charge in [-0.2, -0.15) is 30.7 Å². The Bertz CT molecular complexity index is 499. The molecule has 0 aromatic heterocycles. The van der Waals surface area contributed by atoms with Crippen molar-refractivity contribution in [3.05, 3.63) is 0 Å².